The van der Waals surface area contributed by atoms with E-state index in [-0.39, 0.29) is 58.4 Å². The molecule has 2 N–H and O–H groups in total. The second-order valence-electron chi connectivity index (χ2n) is 17.2. The van der Waals surface area contributed by atoms with Crippen molar-refractivity contribution < 1.29 is 32.0 Å². The molecule has 4 aliphatic rings. The number of amides is 4. The number of nitrogens with zero attached hydrogens (tertiary/aromatic N) is 6. The van der Waals surface area contributed by atoms with Crippen LogP contribution in [0, 0.1) is 17.2 Å². The number of sulfonamides is 1. The summed E-state index contributed by atoms with van der Waals surface area (Å²) in [5, 5.41) is 3.24. The van der Waals surface area contributed by atoms with Gasteiger partial charge in [-0.3, -0.25) is 29.2 Å². The lowest BCUT2D eigenvalue weighted by Gasteiger charge is -2.44. The molecule has 0 saturated carbocycles. The average molecular weight is 885 g/mol. The number of imide groups is 1. The first-order valence-electron chi connectivity index (χ1n) is 21.7. The van der Waals surface area contributed by atoms with Gasteiger partial charge in [0.15, 0.2) is 5.82 Å². The molecule has 14 nitrogen and oxygen atoms in total. The molecule has 0 radical (unpaired) electrons. The number of halogens is 1. The fourth-order valence-electron chi connectivity index (χ4n) is 9.29. The van der Waals surface area contributed by atoms with Gasteiger partial charge in [0.2, 0.25) is 33.7 Å². The average Bonchev–Trinajstić information content (AvgIpc) is 3.73. The minimum Gasteiger partial charge on any atom is -0.371 e. The zero-order valence-electron chi connectivity index (χ0n) is 35.1. The molecule has 0 spiro atoms. The number of benzene rings is 2. The Bertz CT molecular complexity index is 2410. The standard InChI is InChI=1S/C45H53FN8O6S2/c1-3-27-62(59,60)51-35-6-4-5-34(38(35)46)39-40(36-13-20-47-28-48-36)61-42(50-39)30-14-23-54(24-15-30)44(58)45(2)18-25-53(26-19-45)43(57)31-16-21-52(22-17-31)32-9-7-29(8-10-32)33-11-12-37(55)49-41(33)56/h4-10,13,20,28,30-31,33,51H,3,11-12,14-19,21-27H2,1-2H3,(H,49,55,56)/t33-/m0/s1. The molecule has 0 aliphatic carbocycles. The molecule has 4 fully saturated rings. The van der Waals surface area contributed by atoms with E-state index in [0.29, 0.717) is 87.4 Å². The highest BCUT2D eigenvalue weighted by atomic mass is 32.2. The zero-order chi connectivity index (χ0) is 43.6. The Hall–Kier alpha value is -5.29. The van der Waals surface area contributed by atoms with Crippen LogP contribution in [-0.4, -0.2) is 102 Å². The van der Waals surface area contributed by atoms with Crippen molar-refractivity contribution in [3.63, 3.8) is 0 Å². The zero-order valence-corrected chi connectivity index (χ0v) is 36.8. The van der Waals surface area contributed by atoms with Gasteiger partial charge in [-0.25, -0.2) is 27.8 Å². The van der Waals surface area contributed by atoms with E-state index in [9.17, 15) is 27.6 Å². The van der Waals surface area contributed by atoms with Crippen molar-refractivity contribution in [1.82, 2.24) is 30.1 Å². The molecule has 6 heterocycles. The molecule has 4 aromatic rings. The fraction of sp³-hybridized carbons (Fsp3) is 0.489. The Morgan fingerprint density at radius 1 is 0.935 bits per heavy atom. The maximum Gasteiger partial charge on any atom is 0.234 e. The lowest BCUT2D eigenvalue weighted by atomic mass is 9.78. The van der Waals surface area contributed by atoms with E-state index in [4.69, 9.17) is 4.98 Å². The van der Waals surface area contributed by atoms with Gasteiger partial charge in [0.25, 0.3) is 0 Å². The van der Waals surface area contributed by atoms with Crippen LogP contribution in [0.3, 0.4) is 0 Å². The van der Waals surface area contributed by atoms with Crippen molar-refractivity contribution >= 4 is 56.4 Å². The number of nitrogens with one attached hydrogen (secondary N) is 2. The van der Waals surface area contributed by atoms with Crippen LogP contribution < -0.4 is 14.9 Å². The molecular weight excluding hydrogens is 832 g/mol. The Morgan fingerprint density at radius 2 is 1.66 bits per heavy atom. The van der Waals surface area contributed by atoms with Crippen molar-refractivity contribution in [3.05, 3.63) is 77.4 Å². The van der Waals surface area contributed by atoms with Crippen molar-refractivity contribution in [2.24, 2.45) is 11.3 Å². The SMILES string of the molecule is CCCS(=O)(=O)Nc1cccc(-c2nc(C3CCN(C(=O)C4(C)CCN(C(=O)C5CCN(c6ccc([C@@H]7CCC(=O)NC7=O)cc6)CC5)CC4)CC3)sc2-c2ccncn2)c1F. The number of likely N-dealkylation sites (tertiary alicyclic amines) is 2. The van der Waals surface area contributed by atoms with Crippen LogP contribution in [-0.2, 0) is 29.2 Å². The normalized spacial score (nSPS) is 20.2. The molecule has 17 heteroatoms. The second kappa shape index (κ2) is 18.2. The lowest BCUT2D eigenvalue weighted by molar-refractivity contribution is -0.149. The first-order valence-corrected chi connectivity index (χ1v) is 24.1. The second-order valence-corrected chi connectivity index (χ2v) is 20.1. The lowest BCUT2D eigenvalue weighted by Crippen LogP contribution is -2.52. The van der Waals surface area contributed by atoms with Crippen LogP contribution in [0.1, 0.15) is 94.0 Å². The monoisotopic (exact) mass is 884 g/mol. The number of rotatable bonds is 11. The van der Waals surface area contributed by atoms with E-state index in [0.717, 1.165) is 42.2 Å². The molecule has 2 aromatic carbocycles. The molecule has 0 unspecified atom stereocenters. The molecule has 4 aliphatic heterocycles. The van der Waals surface area contributed by atoms with E-state index in [1.807, 2.05) is 41.0 Å². The van der Waals surface area contributed by atoms with Crippen molar-refractivity contribution in [2.75, 3.05) is 54.6 Å². The highest BCUT2D eigenvalue weighted by Crippen LogP contribution is 2.43. The Labute approximate surface area is 365 Å². The van der Waals surface area contributed by atoms with E-state index >= 15 is 4.39 Å². The van der Waals surface area contributed by atoms with Crippen LogP contribution in [0.2, 0.25) is 0 Å². The van der Waals surface area contributed by atoms with Crippen molar-refractivity contribution in [3.8, 4) is 21.8 Å². The van der Waals surface area contributed by atoms with Gasteiger partial charge in [0.1, 0.15) is 6.33 Å². The number of hydrogen-bond donors (Lipinski definition) is 2. The molecule has 1 atom stereocenters. The van der Waals surface area contributed by atoms with E-state index < -0.39 is 21.3 Å². The third-order valence-electron chi connectivity index (χ3n) is 13.0. The molecule has 4 amide bonds. The van der Waals surface area contributed by atoms with Crippen molar-refractivity contribution in [1.29, 1.82) is 0 Å². The third kappa shape index (κ3) is 9.24. The number of aromatic nitrogens is 3. The van der Waals surface area contributed by atoms with Gasteiger partial charge in [0, 0.05) is 80.4 Å². The summed E-state index contributed by atoms with van der Waals surface area (Å²) in [6.07, 6.45) is 8.37. The summed E-state index contributed by atoms with van der Waals surface area (Å²) in [6, 6.07) is 14.3. The fourth-order valence-corrected chi connectivity index (χ4v) is 11.6. The number of thiazole rings is 1. The summed E-state index contributed by atoms with van der Waals surface area (Å²) < 4.78 is 43.5. The van der Waals surface area contributed by atoms with Gasteiger partial charge in [-0.1, -0.05) is 32.0 Å². The summed E-state index contributed by atoms with van der Waals surface area (Å²) in [7, 11) is -3.72. The maximum absolute atomic E-state index is 16.1. The Balaban J connectivity index is 0.851. The van der Waals surface area contributed by atoms with Crippen LogP contribution in [0.5, 0.6) is 0 Å². The third-order valence-corrected chi connectivity index (χ3v) is 15.7. The Kier molecular flexibility index (Phi) is 12.7. The first-order chi connectivity index (χ1) is 29.8. The summed E-state index contributed by atoms with van der Waals surface area (Å²) in [6.45, 7) is 7.49. The highest BCUT2D eigenvalue weighted by Gasteiger charge is 2.43. The predicted octanol–water partition coefficient (Wildman–Crippen LogP) is 6.33. The first kappa shape index (κ1) is 43.4. The number of carbonyl (C=O) groups excluding carboxylic acids is 4. The summed E-state index contributed by atoms with van der Waals surface area (Å²) in [5.74, 6) is -1.36. The van der Waals surface area contributed by atoms with Crippen LogP contribution in [0.4, 0.5) is 15.8 Å². The maximum atomic E-state index is 16.1. The summed E-state index contributed by atoms with van der Waals surface area (Å²) in [4.78, 5) is 72.0. The van der Waals surface area contributed by atoms with Gasteiger partial charge in [-0.15, -0.1) is 11.3 Å². The highest BCUT2D eigenvalue weighted by molar-refractivity contribution is 7.92. The predicted molar refractivity (Wildman–Crippen MR) is 235 cm³/mol. The smallest absolute Gasteiger partial charge is 0.234 e. The molecule has 328 valence electrons. The topological polar surface area (TPSA) is 175 Å². The molecule has 2 aromatic heterocycles. The van der Waals surface area contributed by atoms with Gasteiger partial charge >= 0.3 is 0 Å². The largest absolute Gasteiger partial charge is 0.371 e. The summed E-state index contributed by atoms with van der Waals surface area (Å²) >= 11 is 1.43. The molecule has 0 bridgehead atoms. The number of hydrogen-bond acceptors (Lipinski definition) is 11. The van der Waals surface area contributed by atoms with Crippen LogP contribution in [0.15, 0.2) is 61.1 Å². The van der Waals surface area contributed by atoms with E-state index in [1.165, 1.54) is 23.7 Å². The van der Waals surface area contributed by atoms with Crippen molar-refractivity contribution in [2.45, 2.75) is 83.5 Å². The minimum atomic E-state index is -3.72. The summed E-state index contributed by atoms with van der Waals surface area (Å²) in [5.41, 5.74) is 2.39. The van der Waals surface area contributed by atoms with Gasteiger partial charge < -0.3 is 14.7 Å². The van der Waals surface area contributed by atoms with E-state index in [2.05, 4.69) is 24.9 Å². The number of anilines is 2. The van der Waals surface area contributed by atoms with E-state index in [1.54, 1.807) is 31.3 Å². The Morgan fingerprint density at radius 3 is 2.32 bits per heavy atom. The van der Waals surface area contributed by atoms with Crippen LogP contribution >= 0.6 is 11.3 Å². The quantitative estimate of drug-likeness (QED) is 0.162. The molecule has 8 rings (SSSR count). The van der Waals surface area contributed by atoms with Crippen LogP contribution in [0.25, 0.3) is 21.8 Å². The van der Waals surface area contributed by atoms with Gasteiger partial charge in [-0.05, 0) is 87.3 Å². The number of carbonyl (C=O) groups is 4. The molecule has 4 saturated heterocycles. The molecular formula is C45H53FN8O6S2. The van der Waals surface area contributed by atoms with Gasteiger partial charge in [0.05, 0.1) is 38.6 Å². The number of piperidine rings is 4. The van der Waals surface area contributed by atoms with Gasteiger partial charge in [-0.2, -0.15) is 0 Å². The molecule has 62 heavy (non-hydrogen) atoms. The minimum absolute atomic E-state index is 0.0311.